The molecule has 0 bridgehead atoms. The number of benzene rings is 2. The first-order valence-corrected chi connectivity index (χ1v) is 9.78. The van der Waals surface area contributed by atoms with Gasteiger partial charge in [-0.3, -0.25) is 14.9 Å². The number of alkyl halides is 1. The van der Waals surface area contributed by atoms with Crippen molar-refractivity contribution in [1.29, 1.82) is 0 Å². The van der Waals surface area contributed by atoms with Gasteiger partial charge in [-0.25, -0.2) is 4.79 Å². The summed E-state index contributed by atoms with van der Waals surface area (Å²) in [6.07, 6.45) is 0.276. The quantitative estimate of drug-likeness (QED) is 0.297. The molecule has 3 aromatic rings. The zero-order chi connectivity index (χ0) is 21.4. The van der Waals surface area contributed by atoms with Crippen molar-refractivity contribution in [3.8, 4) is 0 Å². The van der Waals surface area contributed by atoms with E-state index in [9.17, 15) is 19.7 Å². The SMILES string of the molecule is COC(=O)[C@@H]1Cc2c([nH]c3ccccc23)[C@@H](c2ccc([N+](=O)[O-])cc2)N1C(=O)CCl. The summed E-state index contributed by atoms with van der Waals surface area (Å²) in [5.74, 6) is -1.29. The van der Waals surface area contributed by atoms with E-state index in [1.54, 1.807) is 12.1 Å². The Balaban J connectivity index is 1.95. The minimum absolute atomic E-state index is 0.0637. The molecule has 0 saturated carbocycles. The molecule has 1 amide bonds. The maximum Gasteiger partial charge on any atom is 0.328 e. The van der Waals surface area contributed by atoms with E-state index in [4.69, 9.17) is 16.3 Å². The summed E-state index contributed by atoms with van der Waals surface area (Å²) in [5, 5.41) is 12.0. The molecule has 8 nitrogen and oxygen atoms in total. The average Bonchev–Trinajstić information content (AvgIpc) is 3.15. The van der Waals surface area contributed by atoms with Crippen LogP contribution in [-0.2, 0) is 20.7 Å². The molecular weight excluding hydrogens is 410 g/mol. The largest absolute Gasteiger partial charge is 0.467 e. The zero-order valence-electron chi connectivity index (χ0n) is 16.0. The molecule has 0 unspecified atom stereocenters. The van der Waals surface area contributed by atoms with E-state index in [1.807, 2.05) is 24.3 Å². The van der Waals surface area contributed by atoms with Crippen LogP contribution in [0.15, 0.2) is 48.5 Å². The van der Waals surface area contributed by atoms with Gasteiger partial charge in [0, 0.05) is 35.2 Å². The molecule has 0 saturated heterocycles. The van der Waals surface area contributed by atoms with Crippen molar-refractivity contribution in [3.63, 3.8) is 0 Å². The molecule has 0 aliphatic carbocycles. The Morgan fingerprint density at radius 2 is 1.93 bits per heavy atom. The Hall–Kier alpha value is -3.39. The number of ether oxygens (including phenoxy) is 1. The number of fused-ring (bicyclic) bond motifs is 3. The number of halogens is 1. The highest BCUT2D eigenvalue weighted by Crippen LogP contribution is 2.41. The van der Waals surface area contributed by atoms with E-state index >= 15 is 0 Å². The second-order valence-corrected chi connectivity index (χ2v) is 7.26. The number of methoxy groups -OCH3 is 1. The van der Waals surface area contributed by atoms with Crippen LogP contribution in [0.3, 0.4) is 0 Å². The number of aromatic amines is 1. The van der Waals surface area contributed by atoms with E-state index in [-0.39, 0.29) is 18.0 Å². The number of H-pyrrole nitrogens is 1. The van der Waals surface area contributed by atoms with E-state index in [2.05, 4.69) is 4.98 Å². The minimum Gasteiger partial charge on any atom is -0.467 e. The van der Waals surface area contributed by atoms with Crippen LogP contribution in [0, 0.1) is 10.1 Å². The number of esters is 1. The van der Waals surface area contributed by atoms with Crippen molar-refractivity contribution in [3.05, 3.63) is 75.5 Å². The third-order valence-electron chi connectivity index (χ3n) is 5.43. The highest BCUT2D eigenvalue weighted by Gasteiger charge is 2.43. The normalized spacial score (nSPS) is 18.1. The number of carbonyl (C=O) groups excluding carboxylic acids is 2. The molecule has 4 rings (SSSR count). The molecule has 154 valence electrons. The van der Waals surface area contributed by atoms with Crippen molar-refractivity contribution in [1.82, 2.24) is 9.88 Å². The number of carbonyl (C=O) groups is 2. The van der Waals surface area contributed by atoms with Gasteiger partial charge in [-0.05, 0) is 29.3 Å². The third-order valence-corrected chi connectivity index (χ3v) is 5.66. The first kappa shape index (κ1) is 19.9. The molecule has 0 spiro atoms. The number of nitrogens with one attached hydrogen (secondary N) is 1. The van der Waals surface area contributed by atoms with Gasteiger partial charge < -0.3 is 14.6 Å². The lowest BCUT2D eigenvalue weighted by Crippen LogP contribution is -2.52. The van der Waals surface area contributed by atoms with Crippen molar-refractivity contribution < 1.29 is 19.2 Å². The first-order chi connectivity index (χ1) is 14.5. The predicted molar refractivity (Wildman–Crippen MR) is 110 cm³/mol. The van der Waals surface area contributed by atoms with E-state index in [1.165, 1.54) is 24.1 Å². The van der Waals surface area contributed by atoms with Crippen LogP contribution in [0.5, 0.6) is 0 Å². The Kier molecular flexibility index (Phi) is 5.17. The summed E-state index contributed by atoms with van der Waals surface area (Å²) in [6, 6.07) is 12.1. The van der Waals surface area contributed by atoms with Crippen molar-refractivity contribution in [2.45, 2.75) is 18.5 Å². The predicted octanol–water partition coefficient (Wildman–Crippen LogP) is 3.33. The van der Waals surface area contributed by atoms with Crippen molar-refractivity contribution in [2.75, 3.05) is 13.0 Å². The highest BCUT2D eigenvalue weighted by molar-refractivity contribution is 6.27. The van der Waals surface area contributed by atoms with Crippen LogP contribution in [0.1, 0.15) is 22.9 Å². The van der Waals surface area contributed by atoms with Crippen LogP contribution >= 0.6 is 11.6 Å². The number of amides is 1. The van der Waals surface area contributed by atoms with Crippen LogP contribution < -0.4 is 0 Å². The number of nitrogens with zero attached hydrogens (tertiary/aromatic N) is 2. The fourth-order valence-electron chi connectivity index (χ4n) is 4.11. The number of hydrogen-bond acceptors (Lipinski definition) is 5. The molecule has 1 aliphatic heterocycles. The summed E-state index contributed by atoms with van der Waals surface area (Å²) in [5.41, 5.74) is 3.09. The number of nitro groups is 1. The summed E-state index contributed by atoms with van der Waals surface area (Å²) in [6.45, 7) is 0. The molecule has 2 atom stereocenters. The molecule has 1 N–H and O–H groups in total. The summed E-state index contributed by atoms with van der Waals surface area (Å²) >= 11 is 5.88. The van der Waals surface area contributed by atoms with Gasteiger partial charge in [0.25, 0.3) is 5.69 Å². The first-order valence-electron chi connectivity index (χ1n) is 9.25. The Labute approximate surface area is 176 Å². The Morgan fingerprint density at radius 3 is 2.57 bits per heavy atom. The number of hydrogen-bond donors (Lipinski definition) is 1. The number of nitro benzene ring substituents is 1. The van der Waals surface area contributed by atoms with Gasteiger partial charge in [0.2, 0.25) is 5.91 Å². The molecule has 0 radical (unpaired) electrons. The molecule has 1 aromatic heterocycles. The van der Waals surface area contributed by atoms with Gasteiger partial charge in [0.1, 0.15) is 11.9 Å². The Morgan fingerprint density at radius 1 is 1.23 bits per heavy atom. The lowest BCUT2D eigenvalue weighted by Gasteiger charge is -2.40. The lowest BCUT2D eigenvalue weighted by atomic mass is 9.88. The fraction of sp³-hybridized carbons (Fsp3) is 0.238. The zero-order valence-corrected chi connectivity index (χ0v) is 16.8. The second-order valence-electron chi connectivity index (χ2n) is 6.99. The lowest BCUT2D eigenvalue weighted by molar-refractivity contribution is -0.384. The van der Waals surface area contributed by atoms with Gasteiger partial charge in [0.05, 0.1) is 18.1 Å². The van der Waals surface area contributed by atoms with Gasteiger partial charge in [0.15, 0.2) is 0 Å². The molecule has 1 aliphatic rings. The van der Waals surface area contributed by atoms with Crippen LogP contribution in [0.25, 0.3) is 10.9 Å². The van der Waals surface area contributed by atoms with Gasteiger partial charge >= 0.3 is 5.97 Å². The molecule has 2 aromatic carbocycles. The summed E-state index contributed by atoms with van der Waals surface area (Å²) in [4.78, 5) is 40.8. The van der Waals surface area contributed by atoms with E-state index in [0.717, 1.165) is 22.2 Å². The molecule has 0 fully saturated rings. The smallest absolute Gasteiger partial charge is 0.328 e. The van der Waals surface area contributed by atoms with Crippen molar-refractivity contribution >= 4 is 40.1 Å². The van der Waals surface area contributed by atoms with Crippen LogP contribution in [0.4, 0.5) is 5.69 Å². The third kappa shape index (κ3) is 3.19. The maximum absolute atomic E-state index is 12.8. The molecule has 30 heavy (non-hydrogen) atoms. The highest BCUT2D eigenvalue weighted by atomic mass is 35.5. The second kappa shape index (κ2) is 7.79. The maximum atomic E-state index is 12.8. The Bertz CT molecular complexity index is 1140. The minimum atomic E-state index is -0.867. The number of aromatic nitrogens is 1. The molecule has 2 heterocycles. The monoisotopic (exact) mass is 427 g/mol. The number of para-hydroxylation sites is 1. The van der Waals surface area contributed by atoms with E-state index in [0.29, 0.717) is 5.56 Å². The standard InChI is InChI=1S/C21H18ClN3O5/c1-30-21(27)17-10-15-14-4-2-3-5-16(14)23-19(15)20(24(17)18(26)11-22)12-6-8-13(9-7-12)25(28)29/h2-9,17,20,23H,10-11H2,1H3/t17-,20+/m0/s1. The van der Waals surface area contributed by atoms with Crippen molar-refractivity contribution in [2.24, 2.45) is 0 Å². The number of rotatable bonds is 4. The number of non-ortho nitro benzene ring substituents is 1. The summed E-state index contributed by atoms with van der Waals surface area (Å²) < 4.78 is 4.98. The van der Waals surface area contributed by atoms with E-state index < -0.39 is 28.9 Å². The average molecular weight is 428 g/mol. The van der Waals surface area contributed by atoms with Gasteiger partial charge in [-0.15, -0.1) is 11.6 Å². The molecular formula is C21H18ClN3O5. The summed E-state index contributed by atoms with van der Waals surface area (Å²) in [7, 11) is 1.28. The van der Waals surface area contributed by atoms with Gasteiger partial charge in [-0.1, -0.05) is 18.2 Å². The van der Waals surface area contributed by atoms with Gasteiger partial charge in [-0.2, -0.15) is 0 Å². The van der Waals surface area contributed by atoms with Crippen LogP contribution in [-0.4, -0.2) is 45.7 Å². The van der Waals surface area contributed by atoms with Crippen LogP contribution in [0.2, 0.25) is 0 Å². The fourth-order valence-corrected chi connectivity index (χ4v) is 4.25. The molecule has 9 heteroatoms. The topological polar surface area (TPSA) is 106 Å².